The van der Waals surface area contributed by atoms with Crippen molar-refractivity contribution in [3.05, 3.63) is 30.0 Å². The van der Waals surface area contributed by atoms with Gasteiger partial charge in [0.05, 0.1) is 11.8 Å². The number of rotatable bonds is 8. The molecule has 0 spiro atoms. The molecule has 1 unspecified atom stereocenters. The van der Waals surface area contributed by atoms with Gasteiger partial charge >= 0.3 is 0 Å². The second-order valence-electron chi connectivity index (χ2n) is 11.2. The standard InChI is InChI=1S/C26H40N6O3S/c1-18(2)32-24-8-6-5-7-23(24)25(28-32)26(33)27-19-15-20-9-10-21(16-19)31(20)14-13-29(3)22-11-12-30(17-22)36(4,34)35/h5-8,18-22H,9-17H2,1-4H3,(H,27,33)/t19?,20-,21+,22-/m1/s1. The van der Waals surface area contributed by atoms with E-state index in [1.165, 1.54) is 19.1 Å². The normalized spacial score (nSPS) is 27.5. The molecule has 3 saturated heterocycles. The summed E-state index contributed by atoms with van der Waals surface area (Å²) in [5, 5.41) is 8.90. The Hall–Kier alpha value is -2.01. The highest BCUT2D eigenvalue weighted by Gasteiger charge is 2.41. The highest BCUT2D eigenvalue weighted by Crippen LogP contribution is 2.36. The number of hydrogen-bond acceptors (Lipinski definition) is 6. The Morgan fingerprint density at radius 3 is 2.50 bits per heavy atom. The van der Waals surface area contributed by atoms with E-state index in [4.69, 9.17) is 0 Å². The van der Waals surface area contributed by atoms with E-state index in [0.29, 0.717) is 30.9 Å². The van der Waals surface area contributed by atoms with Gasteiger partial charge in [-0.2, -0.15) is 5.10 Å². The molecule has 4 heterocycles. The van der Waals surface area contributed by atoms with Gasteiger partial charge in [-0.1, -0.05) is 18.2 Å². The number of para-hydroxylation sites is 1. The second-order valence-corrected chi connectivity index (χ2v) is 13.2. The fourth-order valence-electron chi connectivity index (χ4n) is 6.49. The molecular formula is C26H40N6O3S. The molecule has 198 valence electrons. The van der Waals surface area contributed by atoms with E-state index in [-0.39, 0.29) is 24.0 Å². The van der Waals surface area contributed by atoms with Gasteiger partial charge in [0.1, 0.15) is 0 Å². The quantitative estimate of drug-likeness (QED) is 0.579. The maximum atomic E-state index is 13.3. The summed E-state index contributed by atoms with van der Waals surface area (Å²) in [5.74, 6) is -0.0696. The summed E-state index contributed by atoms with van der Waals surface area (Å²) in [6.45, 7) is 7.31. The van der Waals surface area contributed by atoms with Crippen molar-refractivity contribution in [2.24, 2.45) is 0 Å². The van der Waals surface area contributed by atoms with Crippen LogP contribution in [0.1, 0.15) is 62.5 Å². The first kappa shape index (κ1) is 25.6. The van der Waals surface area contributed by atoms with E-state index in [0.717, 1.165) is 43.3 Å². The predicted octanol–water partition coefficient (Wildman–Crippen LogP) is 2.31. The van der Waals surface area contributed by atoms with Crippen LogP contribution >= 0.6 is 0 Å². The Morgan fingerprint density at radius 1 is 1.17 bits per heavy atom. The summed E-state index contributed by atoms with van der Waals surface area (Å²) in [6.07, 6.45) is 6.49. The van der Waals surface area contributed by atoms with Crippen LogP contribution in [0.5, 0.6) is 0 Å². The molecular weight excluding hydrogens is 476 g/mol. The van der Waals surface area contributed by atoms with Crippen LogP contribution in [0.25, 0.3) is 10.9 Å². The second kappa shape index (κ2) is 10.0. The number of likely N-dealkylation sites (N-methyl/N-ethyl adjacent to an activating group) is 1. The average molecular weight is 517 g/mol. The molecule has 9 nitrogen and oxygen atoms in total. The van der Waals surface area contributed by atoms with Gasteiger partial charge in [-0.3, -0.25) is 14.4 Å². The number of benzene rings is 1. The van der Waals surface area contributed by atoms with E-state index < -0.39 is 10.0 Å². The van der Waals surface area contributed by atoms with E-state index in [1.807, 2.05) is 28.9 Å². The summed E-state index contributed by atoms with van der Waals surface area (Å²) in [5.41, 5.74) is 1.52. The first-order chi connectivity index (χ1) is 17.1. The van der Waals surface area contributed by atoms with Crippen LogP contribution in [-0.4, -0.2) is 102 Å². The van der Waals surface area contributed by atoms with Gasteiger partial charge in [0.15, 0.2) is 5.69 Å². The molecule has 1 amide bonds. The van der Waals surface area contributed by atoms with Crippen LogP contribution in [0.2, 0.25) is 0 Å². The number of amides is 1. The fourth-order valence-corrected chi connectivity index (χ4v) is 7.37. The first-order valence-electron chi connectivity index (χ1n) is 13.3. The van der Waals surface area contributed by atoms with Crippen LogP contribution in [0.4, 0.5) is 0 Å². The molecule has 1 aromatic heterocycles. The number of fused-ring (bicyclic) bond motifs is 3. The van der Waals surface area contributed by atoms with Crippen LogP contribution in [0, 0.1) is 0 Å². The monoisotopic (exact) mass is 516 g/mol. The van der Waals surface area contributed by atoms with Crippen LogP contribution < -0.4 is 5.32 Å². The lowest BCUT2D eigenvalue weighted by Gasteiger charge is -2.40. The zero-order valence-corrected chi connectivity index (χ0v) is 22.7. The largest absolute Gasteiger partial charge is 0.348 e. The lowest BCUT2D eigenvalue weighted by atomic mass is 9.97. The van der Waals surface area contributed by atoms with Crippen molar-refractivity contribution in [1.82, 2.24) is 29.2 Å². The summed E-state index contributed by atoms with van der Waals surface area (Å²) >= 11 is 0. The Labute approximate surface area is 214 Å². The molecule has 1 N–H and O–H groups in total. The summed E-state index contributed by atoms with van der Waals surface area (Å²) in [7, 11) is -0.991. The molecule has 5 rings (SSSR count). The number of nitrogens with one attached hydrogen (secondary N) is 1. The van der Waals surface area contributed by atoms with E-state index in [1.54, 1.807) is 4.31 Å². The van der Waals surface area contributed by atoms with Crippen LogP contribution in [-0.2, 0) is 10.0 Å². The van der Waals surface area contributed by atoms with Crippen molar-refractivity contribution >= 4 is 26.8 Å². The third kappa shape index (κ3) is 5.05. The highest BCUT2D eigenvalue weighted by atomic mass is 32.2. The zero-order chi connectivity index (χ0) is 25.6. The van der Waals surface area contributed by atoms with Crippen molar-refractivity contribution in [1.29, 1.82) is 0 Å². The Bertz CT molecular complexity index is 1200. The zero-order valence-electron chi connectivity index (χ0n) is 21.9. The lowest BCUT2D eigenvalue weighted by Crippen LogP contribution is -2.52. The molecule has 3 aliphatic heterocycles. The van der Waals surface area contributed by atoms with Crippen LogP contribution in [0.15, 0.2) is 24.3 Å². The van der Waals surface area contributed by atoms with Gasteiger partial charge in [0.2, 0.25) is 10.0 Å². The minimum atomic E-state index is -3.11. The van der Waals surface area contributed by atoms with Gasteiger partial charge in [-0.05, 0) is 59.1 Å². The number of carbonyl (C=O) groups excluding carboxylic acids is 1. The number of carbonyl (C=O) groups is 1. The van der Waals surface area contributed by atoms with Gasteiger partial charge in [0.25, 0.3) is 5.91 Å². The molecule has 3 aliphatic rings. The minimum absolute atomic E-state index is 0.0696. The van der Waals surface area contributed by atoms with Crippen LogP contribution in [0.3, 0.4) is 0 Å². The molecule has 4 atom stereocenters. The fraction of sp³-hybridized carbons (Fsp3) is 0.692. The molecule has 2 aromatic rings. The molecule has 2 bridgehead atoms. The van der Waals surface area contributed by atoms with E-state index >= 15 is 0 Å². The Kier molecular flexibility index (Phi) is 7.15. The topological polar surface area (TPSA) is 90.8 Å². The summed E-state index contributed by atoms with van der Waals surface area (Å²) < 4.78 is 27.3. The Balaban J connectivity index is 1.17. The maximum Gasteiger partial charge on any atom is 0.272 e. The van der Waals surface area contributed by atoms with Crippen molar-refractivity contribution in [2.45, 2.75) is 76.2 Å². The number of hydrogen-bond donors (Lipinski definition) is 1. The number of nitrogens with zero attached hydrogens (tertiary/aromatic N) is 5. The summed E-state index contributed by atoms with van der Waals surface area (Å²) in [6, 6.07) is 9.59. The predicted molar refractivity (Wildman–Crippen MR) is 142 cm³/mol. The third-order valence-corrected chi connectivity index (χ3v) is 9.74. The molecule has 3 fully saturated rings. The van der Waals surface area contributed by atoms with Gasteiger partial charge in [-0.15, -0.1) is 0 Å². The number of sulfonamides is 1. The maximum absolute atomic E-state index is 13.3. The highest BCUT2D eigenvalue weighted by molar-refractivity contribution is 7.88. The molecule has 0 aliphatic carbocycles. The molecule has 36 heavy (non-hydrogen) atoms. The average Bonchev–Trinajstić information content (AvgIpc) is 3.52. The van der Waals surface area contributed by atoms with Crippen molar-refractivity contribution in [2.75, 3.05) is 39.5 Å². The number of aromatic nitrogens is 2. The third-order valence-electron chi connectivity index (χ3n) is 8.47. The minimum Gasteiger partial charge on any atom is -0.348 e. The van der Waals surface area contributed by atoms with Gasteiger partial charge in [0, 0.05) is 61.8 Å². The number of piperidine rings is 1. The van der Waals surface area contributed by atoms with Crippen molar-refractivity contribution in [3.63, 3.8) is 0 Å². The SMILES string of the molecule is CC(C)n1nc(C(=O)NC2C[C@H]3CC[C@@H](C2)N3CCN(C)[C@@H]2CCN(S(C)(=O)=O)C2)c2ccccc21. The molecule has 0 saturated carbocycles. The van der Waals surface area contributed by atoms with Gasteiger partial charge in [-0.25, -0.2) is 12.7 Å². The van der Waals surface area contributed by atoms with Crippen molar-refractivity contribution < 1.29 is 13.2 Å². The van der Waals surface area contributed by atoms with E-state index in [9.17, 15) is 13.2 Å². The van der Waals surface area contributed by atoms with E-state index in [2.05, 4.69) is 41.1 Å². The Morgan fingerprint density at radius 2 is 1.86 bits per heavy atom. The van der Waals surface area contributed by atoms with Gasteiger partial charge < -0.3 is 10.2 Å². The summed E-state index contributed by atoms with van der Waals surface area (Å²) in [4.78, 5) is 18.2. The molecule has 1 aromatic carbocycles. The lowest BCUT2D eigenvalue weighted by molar-refractivity contribution is 0.0801. The smallest absolute Gasteiger partial charge is 0.272 e. The molecule has 0 radical (unpaired) electrons. The molecule has 10 heteroatoms. The van der Waals surface area contributed by atoms with Crippen molar-refractivity contribution in [3.8, 4) is 0 Å². The first-order valence-corrected chi connectivity index (χ1v) is 15.2.